The highest BCUT2D eigenvalue weighted by atomic mass is 32.1. The molecule has 16 heavy (non-hydrogen) atoms. The van der Waals surface area contributed by atoms with E-state index in [4.69, 9.17) is 0 Å². The number of carbonyl (C=O) groups is 1. The highest BCUT2D eigenvalue weighted by molar-refractivity contribution is 7.11. The molecule has 1 heterocycles. The number of aromatic nitrogens is 1. The number of aryl methyl sites for hydroxylation is 2. The minimum Gasteiger partial charge on any atom is -0.331 e. The first-order valence-corrected chi connectivity index (χ1v) is 6.22. The molecule has 1 rings (SSSR count). The van der Waals surface area contributed by atoms with Gasteiger partial charge in [-0.2, -0.15) is 0 Å². The number of nitrogens with zero attached hydrogens (tertiary/aromatic N) is 2. The fraction of sp³-hybridized carbons (Fsp3) is 0.636. The fourth-order valence-corrected chi connectivity index (χ4v) is 2.38. The summed E-state index contributed by atoms with van der Waals surface area (Å²) in [5.41, 5.74) is 1.01. The Kier molecular flexibility index (Phi) is 4.29. The maximum atomic E-state index is 11.7. The number of thiazole rings is 1. The van der Waals surface area contributed by atoms with Gasteiger partial charge in [-0.3, -0.25) is 0 Å². The molecule has 1 aromatic rings. The second-order valence-corrected chi connectivity index (χ2v) is 5.10. The number of carbonyl (C=O) groups excluding carboxylic acids is 1. The Bertz CT molecular complexity index is 375. The predicted octanol–water partition coefficient (Wildman–Crippen LogP) is 2.48. The average Bonchev–Trinajstić information content (AvgIpc) is 2.56. The van der Waals surface area contributed by atoms with E-state index in [1.54, 1.807) is 23.3 Å². The standard InChI is InChI=1S/C11H19N3OS/c1-6-14(5)11(15)13-8(3)10-7(2)12-9(4)16-10/h8H,6H2,1-5H3,(H,13,15). The average molecular weight is 241 g/mol. The third-order valence-corrected chi connectivity index (χ3v) is 3.75. The topological polar surface area (TPSA) is 45.2 Å². The van der Waals surface area contributed by atoms with Gasteiger partial charge in [-0.25, -0.2) is 9.78 Å². The van der Waals surface area contributed by atoms with Crippen molar-refractivity contribution in [2.45, 2.75) is 33.7 Å². The number of hydrogen-bond acceptors (Lipinski definition) is 3. The molecule has 0 saturated heterocycles. The van der Waals surface area contributed by atoms with Gasteiger partial charge in [0.05, 0.1) is 16.7 Å². The van der Waals surface area contributed by atoms with Crippen molar-refractivity contribution in [1.29, 1.82) is 0 Å². The molecule has 0 aliphatic rings. The Hall–Kier alpha value is -1.10. The lowest BCUT2D eigenvalue weighted by atomic mass is 10.2. The molecule has 1 N–H and O–H groups in total. The summed E-state index contributed by atoms with van der Waals surface area (Å²) >= 11 is 1.64. The molecule has 0 radical (unpaired) electrons. The van der Waals surface area contributed by atoms with Gasteiger partial charge in [0, 0.05) is 18.5 Å². The molecule has 5 heteroatoms. The van der Waals surface area contributed by atoms with E-state index in [9.17, 15) is 4.79 Å². The molecule has 0 saturated carbocycles. The molecule has 0 aliphatic heterocycles. The van der Waals surface area contributed by atoms with E-state index in [0.717, 1.165) is 15.6 Å². The maximum absolute atomic E-state index is 11.7. The zero-order valence-electron chi connectivity index (χ0n) is 10.5. The van der Waals surface area contributed by atoms with Crippen LogP contribution in [0.1, 0.15) is 35.5 Å². The molecule has 2 amide bonds. The van der Waals surface area contributed by atoms with Gasteiger partial charge in [0.2, 0.25) is 0 Å². The predicted molar refractivity (Wildman–Crippen MR) is 66.8 cm³/mol. The first kappa shape index (κ1) is 13.0. The Morgan fingerprint density at radius 2 is 2.19 bits per heavy atom. The third kappa shape index (κ3) is 2.95. The fourth-order valence-electron chi connectivity index (χ4n) is 1.45. The molecule has 1 unspecified atom stereocenters. The molecule has 0 aliphatic carbocycles. The summed E-state index contributed by atoms with van der Waals surface area (Å²) in [6, 6.07) is -0.0202. The molecule has 90 valence electrons. The van der Waals surface area contributed by atoms with Crippen LogP contribution in [0.2, 0.25) is 0 Å². The van der Waals surface area contributed by atoms with E-state index in [1.165, 1.54) is 0 Å². The van der Waals surface area contributed by atoms with Gasteiger partial charge in [0.1, 0.15) is 0 Å². The van der Waals surface area contributed by atoms with Crippen LogP contribution < -0.4 is 5.32 Å². The second-order valence-electron chi connectivity index (χ2n) is 3.87. The summed E-state index contributed by atoms with van der Waals surface area (Å²) in [6.07, 6.45) is 0. The van der Waals surface area contributed by atoms with Gasteiger partial charge in [-0.1, -0.05) is 0 Å². The van der Waals surface area contributed by atoms with Crippen molar-refractivity contribution in [1.82, 2.24) is 15.2 Å². The molecule has 0 fully saturated rings. The van der Waals surface area contributed by atoms with Crippen molar-refractivity contribution in [2.75, 3.05) is 13.6 Å². The molecule has 1 aromatic heterocycles. The lowest BCUT2D eigenvalue weighted by Gasteiger charge is -2.19. The van der Waals surface area contributed by atoms with Crippen LogP contribution in [0.25, 0.3) is 0 Å². The van der Waals surface area contributed by atoms with Crippen LogP contribution in [0.3, 0.4) is 0 Å². The molecular formula is C11H19N3OS. The van der Waals surface area contributed by atoms with Crippen LogP contribution in [0.4, 0.5) is 4.79 Å². The Balaban J connectivity index is 2.69. The van der Waals surface area contributed by atoms with Crippen LogP contribution in [0, 0.1) is 13.8 Å². The van der Waals surface area contributed by atoms with Gasteiger partial charge >= 0.3 is 6.03 Å². The maximum Gasteiger partial charge on any atom is 0.317 e. The van der Waals surface area contributed by atoms with E-state index in [0.29, 0.717) is 6.54 Å². The summed E-state index contributed by atoms with van der Waals surface area (Å²) in [7, 11) is 1.78. The van der Waals surface area contributed by atoms with Crippen LogP contribution in [-0.2, 0) is 0 Å². The molecule has 0 bridgehead atoms. The zero-order valence-corrected chi connectivity index (χ0v) is 11.3. The van der Waals surface area contributed by atoms with Gasteiger partial charge < -0.3 is 10.2 Å². The number of hydrogen-bond donors (Lipinski definition) is 1. The molecule has 0 aromatic carbocycles. The van der Waals surface area contributed by atoms with Gasteiger partial charge in [0.15, 0.2) is 0 Å². The van der Waals surface area contributed by atoms with Gasteiger partial charge in [0.25, 0.3) is 0 Å². The Labute approximate surface area is 101 Å². The van der Waals surface area contributed by atoms with Crippen LogP contribution in [0.15, 0.2) is 0 Å². The van der Waals surface area contributed by atoms with Crippen molar-refractivity contribution in [2.24, 2.45) is 0 Å². The second kappa shape index (κ2) is 5.30. The normalized spacial score (nSPS) is 12.3. The van der Waals surface area contributed by atoms with Crippen molar-refractivity contribution < 1.29 is 4.79 Å². The van der Waals surface area contributed by atoms with Crippen molar-refractivity contribution in [3.8, 4) is 0 Å². The summed E-state index contributed by atoms with van der Waals surface area (Å²) in [6.45, 7) is 8.60. The van der Waals surface area contributed by atoms with Gasteiger partial charge in [-0.15, -0.1) is 11.3 Å². The first-order valence-electron chi connectivity index (χ1n) is 5.41. The van der Waals surface area contributed by atoms with Crippen LogP contribution in [-0.4, -0.2) is 29.5 Å². The summed E-state index contributed by atoms with van der Waals surface area (Å²) < 4.78 is 0. The molecule has 4 nitrogen and oxygen atoms in total. The van der Waals surface area contributed by atoms with Crippen LogP contribution in [0.5, 0.6) is 0 Å². The number of nitrogens with one attached hydrogen (secondary N) is 1. The summed E-state index contributed by atoms with van der Waals surface area (Å²) in [4.78, 5) is 18.8. The minimum absolute atomic E-state index is 0.0210. The highest BCUT2D eigenvalue weighted by Crippen LogP contribution is 2.24. The van der Waals surface area contributed by atoms with E-state index in [-0.39, 0.29) is 12.1 Å². The lowest BCUT2D eigenvalue weighted by Crippen LogP contribution is -2.38. The number of amides is 2. The van der Waals surface area contributed by atoms with E-state index < -0.39 is 0 Å². The smallest absolute Gasteiger partial charge is 0.317 e. The molecule has 0 spiro atoms. The number of rotatable bonds is 3. The quantitative estimate of drug-likeness (QED) is 0.883. The summed E-state index contributed by atoms with van der Waals surface area (Å²) in [5.74, 6) is 0. The van der Waals surface area contributed by atoms with Crippen molar-refractivity contribution in [3.63, 3.8) is 0 Å². The largest absolute Gasteiger partial charge is 0.331 e. The van der Waals surface area contributed by atoms with E-state index in [1.807, 2.05) is 27.7 Å². The Morgan fingerprint density at radius 1 is 1.56 bits per heavy atom. The Morgan fingerprint density at radius 3 is 2.62 bits per heavy atom. The minimum atomic E-state index is -0.0412. The molecular weight excluding hydrogens is 222 g/mol. The zero-order chi connectivity index (χ0) is 12.3. The lowest BCUT2D eigenvalue weighted by molar-refractivity contribution is 0.208. The van der Waals surface area contributed by atoms with Crippen molar-refractivity contribution >= 4 is 17.4 Å². The first-order chi connectivity index (χ1) is 7.45. The van der Waals surface area contributed by atoms with Gasteiger partial charge in [-0.05, 0) is 27.7 Å². The summed E-state index contributed by atoms with van der Waals surface area (Å²) in [5, 5.41) is 4.00. The number of urea groups is 1. The van der Waals surface area contributed by atoms with E-state index in [2.05, 4.69) is 10.3 Å². The third-order valence-electron chi connectivity index (χ3n) is 2.49. The van der Waals surface area contributed by atoms with Crippen molar-refractivity contribution in [3.05, 3.63) is 15.6 Å². The highest BCUT2D eigenvalue weighted by Gasteiger charge is 2.16. The van der Waals surface area contributed by atoms with Crippen LogP contribution >= 0.6 is 11.3 Å². The molecule has 1 atom stereocenters. The SMILES string of the molecule is CCN(C)C(=O)NC(C)c1sc(C)nc1C. The van der Waals surface area contributed by atoms with E-state index >= 15 is 0 Å². The monoisotopic (exact) mass is 241 g/mol.